The molecule has 0 unspecified atom stereocenters. The molecule has 4 aromatic rings. The van der Waals surface area contributed by atoms with Gasteiger partial charge in [0.1, 0.15) is 5.75 Å². The number of hydrogen-bond donors (Lipinski definition) is 2. The van der Waals surface area contributed by atoms with Gasteiger partial charge in [0.05, 0.1) is 25.7 Å². The lowest BCUT2D eigenvalue weighted by atomic mass is 10.0. The normalized spacial score (nSPS) is 12.9. The molecule has 0 saturated carbocycles. The van der Waals surface area contributed by atoms with E-state index in [0.717, 1.165) is 40.4 Å². The molecule has 3 heterocycles. The van der Waals surface area contributed by atoms with Gasteiger partial charge in [-0.25, -0.2) is 4.98 Å². The van der Waals surface area contributed by atoms with E-state index in [1.165, 1.54) is 0 Å². The minimum atomic E-state index is -0.255. The topological polar surface area (TPSA) is 98.4 Å². The molecule has 0 bridgehead atoms. The number of ether oxygens (including phenoxy) is 3. The highest BCUT2D eigenvalue weighted by molar-refractivity contribution is 5.92. The Hall–Kier alpha value is -4.07. The summed E-state index contributed by atoms with van der Waals surface area (Å²) in [7, 11) is 1.62. The summed E-state index contributed by atoms with van der Waals surface area (Å²) in [5.74, 6) is 2.58. The van der Waals surface area contributed by atoms with Crippen molar-refractivity contribution in [3.63, 3.8) is 0 Å². The number of H-pyrrole nitrogens is 1. The molecule has 2 N–H and O–H groups in total. The van der Waals surface area contributed by atoms with Crippen molar-refractivity contribution in [2.45, 2.75) is 13.0 Å². The predicted octanol–water partition coefficient (Wildman–Crippen LogP) is 3.77. The SMILES string of the molecule is COc1ccc(-c2ccnc3nc(NCc4ccc5c(c4)OCCCO5)[nH]c(=O)c23)cc1. The van der Waals surface area contributed by atoms with E-state index in [-0.39, 0.29) is 5.56 Å². The van der Waals surface area contributed by atoms with Gasteiger partial charge in [-0.1, -0.05) is 18.2 Å². The molecular weight excluding hydrogens is 408 g/mol. The van der Waals surface area contributed by atoms with Crippen LogP contribution in [0.5, 0.6) is 17.2 Å². The zero-order valence-corrected chi connectivity index (χ0v) is 17.6. The van der Waals surface area contributed by atoms with E-state index < -0.39 is 0 Å². The molecule has 2 aromatic carbocycles. The molecule has 2 aromatic heterocycles. The number of pyridine rings is 1. The first-order valence-electron chi connectivity index (χ1n) is 10.4. The maximum absolute atomic E-state index is 12.9. The first kappa shape index (κ1) is 19.9. The van der Waals surface area contributed by atoms with E-state index in [0.29, 0.717) is 36.7 Å². The lowest BCUT2D eigenvalue weighted by Gasteiger charge is -2.11. The smallest absolute Gasteiger partial charge is 0.262 e. The van der Waals surface area contributed by atoms with E-state index in [2.05, 4.69) is 20.3 Å². The van der Waals surface area contributed by atoms with Gasteiger partial charge in [0.15, 0.2) is 17.1 Å². The van der Waals surface area contributed by atoms with Crippen LogP contribution in [0.25, 0.3) is 22.2 Å². The summed E-state index contributed by atoms with van der Waals surface area (Å²) in [5.41, 5.74) is 2.76. The second-order valence-electron chi connectivity index (χ2n) is 7.39. The van der Waals surface area contributed by atoms with Gasteiger partial charge in [-0.2, -0.15) is 4.98 Å². The van der Waals surface area contributed by atoms with Crippen molar-refractivity contribution in [3.8, 4) is 28.4 Å². The molecule has 1 aliphatic rings. The number of rotatable bonds is 5. The highest BCUT2D eigenvalue weighted by Gasteiger charge is 2.13. The van der Waals surface area contributed by atoms with E-state index in [4.69, 9.17) is 14.2 Å². The number of benzene rings is 2. The number of aromatic amines is 1. The fourth-order valence-electron chi connectivity index (χ4n) is 3.66. The largest absolute Gasteiger partial charge is 0.497 e. The quantitative estimate of drug-likeness (QED) is 0.497. The average Bonchev–Trinajstić information content (AvgIpc) is 3.07. The molecule has 8 nitrogen and oxygen atoms in total. The van der Waals surface area contributed by atoms with Crippen molar-refractivity contribution < 1.29 is 14.2 Å². The van der Waals surface area contributed by atoms with Gasteiger partial charge in [-0.3, -0.25) is 9.78 Å². The van der Waals surface area contributed by atoms with E-state index in [1.54, 1.807) is 13.3 Å². The van der Waals surface area contributed by atoms with Crippen molar-refractivity contribution in [3.05, 3.63) is 70.6 Å². The lowest BCUT2D eigenvalue weighted by molar-refractivity contribution is 0.297. The van der Waals surface area contributed by atoms with Crippen LogP contribution in [-0.4, -0.2) is 35.3 Å². The second-order valence-corrected chi connectivity index (χ2v) is 7.39. The molecule has 5 rings (SSSR count). The Labute approximate surface area is 184 Å². The van der Waals surface area contributed by atoms with E-state index in [9.17, 15) is 4.79 Å². The Bertz CT molecular complexity index is 1320. The van der Waals surface area contributed by atoms with Crippen LogP contribution in [-0.2, 0) is 6.54 Å². The van der Waals surface area contributed by atoms with Crippen LogP contribution in [0.1, 0.15) is 12.0 Å². The number of fused-ring (bicyclic) bond motifs is 2. The zero-order valence-electron chi connectivity index (χ0n) is 17.6. The number of methoxy groups -OCH3 is 1. The van der Waals surface area contributed by atoms with Crippen molar-refractivity contribution >= 4 is 17.0 Å². The third-order valence-corrected chi connectivity index (χ3v) is 5.28. The Morgan fingerprint density at radius 2 is 1.88 bits per heavy atom. The molecular formula is C24H22N4O4. The van der Waals surface area contributed by atoms with Gasteiger partial charge < -0.3 is 19.5 Å². The van der Waals surface area contributed by atoms with Crippen LogP contribution < -0.4 is 25.1 Å². The Morgan fingerprint density at radius 3 is 2.69 bits per heavy atom. The first-order valence-corrected chi connectivity index (χ1v) is 10.4. The van der Waals surface area contributed by atoms with E-state index in [1.807, 2.05) is 48.5 Å². The summed E-state index contributed by atoms with van der Waals surface area (Å²) in [4.78, 5) is 24.6. The fourth-order valence-corrected chi connectivity index (χ4v) is 3.66. The van der Waals surface area contributed by atoms with Crippen molar-refractivity contribution in [1.82, 2.24) is 15.0 Å². The van der Waals surface area contributed by atoms with Crippen LogP contribution in [0.15, 0.2) is 59.5 Å². The third-order valence-electron chi connectivity index (χ3n) is 5.28. The maximum Gasteiger partial charge on any atom is 0.262 e. The Kier molecular flexibility index (Phi) is 5.33. The lowest BCUT2D eigenvalue weighted by Crippen LogP contribution is -2.14. The van der Waals surface area contributed by atoms with Crippen LogP contribution in [0.4, 0.5) is 5.95 Å². The highest BCUT2D eigenvalue weighted by Crippen LogP contribution is 2.31. The summed E-state index contributed by atoms with van der Waals surface area (Å²) in [6.45, 7) is 1.74. The van der Waals surface area contributed by atoms with Gasteiger partial charge in [0.25, 0.3) is 5.56 Å². The van der Waals surface area contributed by atoms with Gasteiger partial charge in [-0.15, -0.1) is 0 Å². The summed E-state index contributed by atoms with van der Waals surface area (Å²) in [5, 5.41) is 3.61. The van der Waals surface area contributed by atoms with Gasteiger partial charge in [0, 0.05) is 19.2 Å². The minimum absolute atomic E-state index is 0.255. The van der Waals surface area contributed by atoms with E-state index >= 15 is 0 Å². The molecule has 0 fully saturated rings. The molecule has 8 heteroatoms. The standard InChI is InChI=1S/C24H22N4O4/c1-30-17-6-4-16(5-7-17)18-9-10-25-22-21(18)23(29)28-24(27-22)26-14-15-3-8-19-20(13-15)32-12-2-11-31-19/h3-10,13H,2,11-12,14H2,1H3,(H2,25,26,27,28,29). The van der Waals surface area contributed by atoms with Gasteiger partial charge in [-0.05, 0) is 47.0 Å². The second kappa shape index (κ2) is 8.58. The van der Waals surface area contributed by atoms with Gasteiger partial charge >= 0.3 is 0 Å². The third kappa shape index (κ3) is 3.94. The number of anilines is 1. The number of nitrogens with zero attached hydrogens (tertiary/aromatic N) is 2. The monoisotopic (exact) mass is 430 g/mol. The van der Waals surface area contributed by atoms with Crippen LogP contribution in [0, 0.1) is 0 Å². The summed E-state index contributed by atoms with van der Waals surface area (Å²) >= 11 is 0. The Balaban J connectivity index is 1.41. The zero-order chi connectivity index (χ0) is 21.9. The molecule has 32 heavy (non-hydrogen) atoms. The molecule has 0 radical (unpaired) electrons. The van der Waals surface area contributed by atoms with Gasteiger partial charge in [0.2, 0.25) is 5.95 Å². The fraction of sp³-hybridized carbons (Fsp3) is 0.208. The molecule has 0 atom stereocenters. The molecule has 1 aliphatic heterocycles. The van der Waals surface area contributed by atoms with Crippen molar-refractivity contribution in [1.29, 1.82) is 0 Å². The molecule has 0 amide bonds. The maximum atomic E-state index is 12.9. The predicted molar refractivity (Wildman–Crippen MR) is 122 cm³/mol. The highest BCUT2D eigenvalue weighted by atomic mass is 16.5. The minimum Gasteiger partial charge on any atom is -0.497 e. The van der Waals surface area contributed by atoms with Crippen molar-refractivity contribution in [2.75, 3.05) is 25.6 Å². The Morgan fingerprint density at radius 1 is 1.06 bits per heavy atom. The number of aromatic nitrogens is 3. The summed E-state index contributed by atoms with van der Waals surface area (Å²) in [6, 6.07) is 15.1. The van der Waals surface area contributed by atoms with Crippen molar-refractivity contribution in [2.24, 2.45) is 0 Å². The van der Waals surface area contributed by atoms with Crippen LogP contribution >= 0.6 is 0 Å². The molecule has 162 valence electrons. The molecule has 0 saturated heterocycles. The summed E-state index contributed by atoms with van der Waals surface area (Å²) < 4.78 is 16.6. The summed E-state index contributed by atoms with van der Waals surface area (Å²) in [6.07, 6.45) is 2.51. The van der Waals surface area contributed by atoms with Crippen LogP contribution in [0.3, 0.4) is 0 Å². The average molecular weight is 430 g/mol. The van der Waals surface area contributed by atoms with Crippen LogP contribution in [0.2, 0.25) is 0 Å². The molecule has 0 aliphatic carbocycles. The number of hydrogen-bond acceptors (Lipinski definition) is 7. The first-order chi connectivity index (χ1) is 15.7. The number of nitrogens with one attached hydrogen (secondary N) is 2. The molecule has 0 spiro atoms.